The van der Waals surface area contributed by atoms with E-state index < -0.39 is 0 Å². The number of aliphatic hydroxyl groups is 1. The number of benzene rings is 1. The van der Waals surface area contributed by atoms with Crippen LogP contribution in [0.25, 0.3) is 0 Å². The predicted octanol–water partition coefficient (Wildman–Crippen LogP) is 2.67. The molecule has 1 heterocycles. The van der Waals surface area contributed by atoms with E-state index in [0.29, 0.717) is 16.7 Å². The first-order chi connectivity index (χ1) is 8.19. The minimum Gasteiger partial charge on any atom is -0.392 e. The molecule has 2 rings (SSSR count). The van der Waals surface area contributed by atoms with Gasteiger partial charge in [0, 0.05) is 22.5 Å². The molecule has 0 spiro atoms. The second-order valence-electron chi connectivity index (χ2n) is 3.57. The van der Waals surface area contributed by atoms with Gasteiger partial charge in [-0.25, -0.2) is 9.97 Å². The minimum atomic E-state index is -0.0520. The SMILES string of the molecule is Cc1nccc(Nc2cc(Cl)ccc2CO)n1. The summed E-state index contributed by atoms with van der Waals surface area (Å²) >= 11 is 5.92. The van der Waals surface area contributed by atoms with Crippen LogP contribution in [0, 0.1) is 6.92 Å². The van der Waals surface area contributed by atoms with Crippen molar-refractivity contribution in [3.05, 3.63) is 46.9 Å². The fraction of sp³-hybridized carbons (Fsp3) is 0.167. The Balaban J connectivity index is 2.32. The monoisotopic (exact) mass is 249 g/mol. The summed E-state index contributed by atoms with van der Waals surface area (Å²) in [6.07, 6.45) is 1.67. The number of nitrogens with one attached hydrogen (secondary N) is 1. The third-order valence-corrected chi connectivity index (χ3v) is 2.52. The predicted molar refractivity (Wildman–Crippen MR) is 67.4 cm³/mol. The highest BCUT2D eigenvalue weighted by molar-refractivity contribution is 6.30. The van der Waals surface area contributed by atoms with Crippen molar-refractivity contribution >= 4 is 23.1 Å². The van der Waals surface area contributed by atoms with Crippen molar-refractivity contribution in [1.82, 2.24) is 9.97 Å². The Bertz CT molecular complexity index is 531. The van der Waals surface area contributed by atoms with Gasteiger partial charge in [0.1, 0.15) is 11.6 Å². The zero-order valence-electron chi connectivity index (χ0n) is 9.31. The van der Waals surface area contributed by atoms with Crippen LogP contribution in [0.2, 0.25) is 5.02 Å². The Morgan fingerprint density at radius 3 is 2.88 bits per heavy atom. The van der Waals surface area contributed by atoms with E-state index in [9.17, 15) is 5.11 Å². The highest BCUT2D eigenvalue weighted by atomic mass is 35.5. The number of anilines is 2. The summed E-state index contributed by atoms with van der Waals surface area (Å²) in [6, 6.07) is 7.03. The molecule has 4 nitrogen and oxygen atoms in total. The summed E-state index contributed by atoms with van der Waals surface area (Å²) in [5, 5.41) is 12.9. The number of aliphatic hydroxyl groups excluding tert-OH is 1. The minimum absolute atomic E-state index is 0.0520. The molecule has 0 unspecified atom stereocenters. The molecule has 0 atom stereocenters. The van der Waals surface area contributed by atoms with Crippen molar-refractivity contribution < 1.29 is 5.11 Å². The molecule has 0 bridgehead atoms. The van der Waals surface area contributed by atoms with Crippen LogP contribution in [0.15, 0.2) is 30.5 Å². The zero-order valence-corrected chi connectivity index (χ0v) is 10.1. The smallest absolute Gasteiger partial charge is 0.134 e. The number of hydrogen-bond donors (Lipinski definition) is 2. The molecule has 0 saturated carbocycles. The fourth-order valence-electron chi connectivity index (χ4n) is 1.47. The largest absolute Gasteiger partial charge is 0.392 e. The van der Waals surface area contributed by atoms with Gasteiger partial charge in [-0.2, -0.15) is 0 Å². The van der Waals surface area contributed by atoms with E-state index in [1.54, 1.807) is 30.5 Å². The fourth-order valence-corrected chi connectivity index (χ4v) is 1.64. The number of rotatable bonds is 3. The van der Waals surface area contributed by atoms with Gasteiger partial charge in [0.05, 0.1) is 6.61 Å². The lowest BCUT2D eigenvalue weighted by Gasteiger charge is -2.10. The third kappa shape index (κ3) is 2.93. The van der Waals surface area contributed by atoms with Gasteiger partial charge in [-0.15, -0.1) is 0 Å². The quantitative estimate of drug-likeness (QED) is 0.878. The molecule has 0 fully saturated rings. The highest BCUT2D eigenvalue weighted by Crippen LogP contribution is 2.23. The van der Waals surface area contributed by atoms with Gasteiger partial charge in [0.2, 0.25) is 0 Å². The molecule has 0 aliphatic heterocycles. The Morgan fingerprint density at radius 1 is 1.35 bits per heavy atom. The van der Waals surface area contributed by atoms with Crippen molar-refractivity contribution in [2.75, 3.05) is 5.32 Å². The highest BCUT2D eigenvalue weighted by Gasteiger charge is 2.04. The standard InChI is InChI=1S/C12H12ClN3O/c1-8-14-5-4-12(15-8)16-11-6-10(13)3-2-9(11)7-17/h2-6,17H,7H2,1H3,(H,14,15,16). The molecule has 0 aliphatic carbocycles. The van der Waals surface area contributed by atoms with Crippen LogP contribution in [0.4, 0.5) is 11.5 Å². The third-order valence-electron chi connectivity index (χ3n) is 2.28. The lowest BCUT2D eigenvalue weighted by atomic mass is 10.2. The van der Waals surface area contributed by atoms with Crippen LogP contribution in [-0.4, -0.2) is 15.1 Å². The van der Waals surface area contributed by atoms with Crippen LogP contribution in [0.1, 0.15) is 11.4 Å². The van der Waals surface area contributed by atoms with Crippen LogP contribution in [0.5, 0.6) is 0 Å². The van der Waals surface area contributed by atoms with Crippen LogP contribution in [-0.2, 0) is 6.61 Å². The summed E-state index contributed by atoms with van der Waals surface area (Å²) in [5.41, 5.74) is 1.52. The number of hydrogen-bond acceptors (Lipinski definition) is 4. The van der Waals surface area contributed by atoms with Gasteiger partial charge in [-0.05, 0) is 25.1 Å². The van der Waals surface area contributed by atoms with Crippen molar-refractivity contribution in [2.24, 2.45) is 0 Å². The van der Waals surface area contributed by atoms with E-state index in [1.165, 1.54) is 0 Å². The summed E-state index contributed by atoms with van der Waals surface area (Å²) in [6.45, 7) is 1.76. The molecule has 2 aromatic rings. The second-order valence-corrected chi connectivity index (χ2v) is 4.01. The average Bonchev–Trinajstić information content (AvgIpc) is 2.29. The summed E-state index contributed by atoms with van der Waals surface area (Å²) in [4.78, 5) is 8.24. The lowest BCUT2D eigenvalue weighted by Crippen LogP contribution is -1.99. The maximum Gasteiger partial charge on any atom is 0.134 e. The van der Waals surface area contributed by atoms with E-state index in [-0.39, 0.29) is 6.61 Å². The molecule has 0 radical (unpaired) electrons. The van der Waals surface area contributed by atoms with E-state index in [0.717, 1.165) is 11.3 Å². The van der Waals surface area contributed by atoms with Gasteiger partial charge in [-0.3, -0.25) is 0 Å². The molecule has 2 N–H and O–H groups in total. The summed E-state index contributed by atoms with van der Waals surface area (Å²) in [7, 11) is 0. The molecule has 0 saturated heterocycles. The number of aryl methyl sites for hydroxylation is 1. The molecule has 1 aromatic carbocycles. The molecule has 0 amide bonds. The van der Waals surface area contributed by atoms with E-state index >= 15 is 0 Å². The Labute approximate surface area is 104 Å². The van der Waals surface area contributed by atoms with Gasteiger partial charge in [-0.1, -0.05) is 17.7 Å². The normalized spacial score (nSPS) is 10.3. The van der Waals surface area contributed by atoms with E-state index in [1.807, 2.05) is 6.92 Å². The topological polar surface area (TPSA) is 58.0 Å². The molecular weight excluding hydrogens is 238 g/mol. The van der Waals surface area contributed by atoms with Crippen molar-refractivity contribution in [3.8, 4) is 0 Å². The molecule has 88 valence electrons. The summed E-state index contributed by atoms with van der Waals surface area (Å²) < 4.78 is 0. The first kappa shape index (κ1) is 11.8. The Kier molecular flexibility index (Phi) is 3.56. The van der Waals surface area contributed by atoms with Gasteiger partial charge >= 0.3 is 0 Å². The average molecular weight is 250 g/mol. The van der Waals surface area contributed by atoms with E-state index in [4.69, 9.17) is 11.6 Å². The Morgan fingerprint density at radius 2 is 2.18 bits per heavy atom. The maximum absolute atomic E-state index is 9.23. The zero-order chi connectivity index (χ0) is 12.3. The first-order valence-corrected chi connectivity index (χ1v) is 5.53. The summed E-state index contributed by atoms with van der Waals surface area (Å²) in [5.74, 6) is 1.36. The van der Waals surface area contributed by atoms with Crippen LogP contribution >= 0.6 is 11.6 Å². The molecular formula is C12H12ClN3O. The van der Waals surface area contributed by atoms with Crippen LogP contribution < -0.4 is 5.32 Å². The van der Waals surface area contributed by atoms with Gasteiger partial charge in [0.25, 0.3) is 0 Å². The van der Waals surface area contributed by atoms with Crippen molar-refractivity contribution in [3.63, 3.8) is 0 Å². The second kappa shape index (κ2) is 5.12. The van der Waals surface area contributed by atoms with Gasteiger partial charge in [0.15, 0.2) is 0 Å². The molecule has 0 aliphatic rings. The number of halogens is 1. The van der Waals surface area contributed by atoms with Gasteiger partial charge < -0.3 is 10.4 Å². The van der Waals surface area contributed by atoms with Crippen LogP contribution in [0.3, 0.4) is 0 Å². The van der Waals surface area contributed by atoms with E-state index in [2.05, 4.69) is 15.3 Å². The Hall–Kier alpha value is -1.65. The number of nitrogens with zero attached hydrogens (tertiary/aromatic N) is 2. The molecule has 17 heavy (non-hydrogen) atoms. The first-order valence-electron chi connectivity index (χ1n) is 5.15. The van der Waals surface area contributed by atoms with Crippen molar-refractivity contribution in [1.29, 1.82) is 0 Å². The molecule has 1 aromatic heterocycles. The molecule has 5 heteroatoms. The lowest BCUT2D eigenvalue weighted by molar-refractivity contribution is 0.282. The maximum atomic E-state index is 9.23. The number of aromatic nitrogens is 2. The van der Waals surface area contributed by atoms with Crippen molar-refractivity contribution in [2.45, 2.75) is 13.5 Å².